The molecule has 3 aromatic carbocycles. The maximum atomic E-state index is 13.4. The van der Waals surface area contributed by atoms with Gasteiger partial charge < -0.3 is 5.11 Å². The van der Waals surface area contributed by atoms with Crippen LogP contribution in [0.25, 0.3) is 0 Å². The minimum absolute atomic E-state index is 0.128. The summed E-state index contributed by atoms with van der Waals surface area (Å²) in [7, 11) is 0. The zero-order valence-electron chi connectivity index (χ0n) is 16.9. The molecule has 0 aromatic heterocycles. The molecule has 1 unspecified atom stereocenters. The smallest absolute Gasteiger partial charge is 0.317 e. The van der Waals surface area contributed by atoms with Gasteiger partial charge in [-0.15, -0.1) is 0 Å². The summed E-state index contributed by atoms with van der Waals surface area (Å²) in [5.41, 5.74) is 1.13. The van der Waals surface area contributed by atoms with E-state index in [0.29, 0.717) is 10.0 Å². The Morgan fingerprint density at radius 2 is 1.47 bits per heavy atom. The number of carboxylic acid groups (broad SMARTS) is 1. The molecule has 0 aliphatic carbocycles. The first kappa shape index (κ1) is 25.0. The highest BCUT2D eigenvalue weighted by Crippen LogP contribution is 2.47. The van der Waals surface area contributed by atoms with Crippen LogP contribution in [0.5, 0.6) is 0 Å². The number of hydrogen-bond acceptors (Lipinski definition) is 4. The van der Waals surface area contributed by atoms with Crippen LogP contribution in [-0.4, -0.2) is 29.4 Å². The Hall–Kier alpha value is -2.13. The second-order valence-corrected chi connectivity index (χ2v) is 9.70. The fourth-order valence-corrected chi connectivity index (χ4v) is 5.16. The number of rotatable bonds is 6. The molecule has 0 radical (unpaired) electrons. The number of hydrogen-bond donors (Lipinski definition) is 2. The molecule has 6 nitrogen and oxygen atoms in total. The lowest BCUT2D eigenvalue weighted by molar-refractivity contribution is -0.136. The van der Waals surface area contributed by atoms with Crippen molar-refractivity contribution in [2.45, 2.75) is 6.04 Å². The Morgan fingerprint density at radius 1 is 0.912 bits per heavy atom. The predicted octanol–water partition coefficient (Wildman–Crippen LogP) is 6.63. The highest BCUT2D eigenvalue weighted by Gasteiger charge is 2.43. The Labute approximate surface area is 222 Å². The molecule has 1 aliphatic rings. The molecule has 4 rings (SSSR count). The monoisotopic (exact) mass is 600 g/mol. The Bertz CT molecular complexity index is 1300. The largest absolute Gasteiger partial charge is 0.480 e. The molecule has 1 aliphatic heterocycles. The van der Waals surface area contributed by atoms with Gasteiger partial charge in [-0.05, 0) is 29.3 Å². The van der Waals surface area contributed by atoms with E-state index in [1.165, 1.54) is 0 Å². The molecule has 0 saturated carbocycles. The highest BCUT2D eigenvalue weighted by atomic mass is 79.9. The molecule has 11 heteroatoms. The van der Waals surface area contributed by atoms with E-state index in [0.717, 1.165) is 10.5 Å². The predicted molar refractivity (Wildman–Crippen MR) is 136 cm³/mol. The van der Waals surface area contributed by atoms with Gasteiger partial charge in [0.2, 0.25) is 0 Å². The molecule has 0 saturated heterocycles. The maximum Gasteiger partial charge on any atom is 0.317 e. The van der Waals surface area contributed by atoms with E-state index < -0.39 is 23.8 Å². The molecule has 0 bridgehead atoms. The molecule has 1 atom stereocenters. The van der Waals surface area contributed by atoms with E-state index >= 15 is 0 Å². The number of fused-ring (bicyclic) bond motifs is 1. The lowest BCUT2D eigenvalue weighted by atomic mass is 9.96. The van der Waals surface area contributed by atoms with Gasteiger partial charge in [-0.25, -0.2) is 4.90 Å². The summed E-state index contributed by atoms with van der Waals surface area (Å²) in [5.74, 6) is -2.51. The summed E-state index contributed by atoms with van der Waals surface area (Å²) < 4.78 is 0.656. The molecule has 2 N–H and O–H groups in total. The van der Waals surface area contributed by atoms with Gasteiger partial charge in [0.15, 0.2) is 0 Å². The van der Waals surface area contributed by atoms with Gasteiger partial charge in [0.1, 0.15) is 0 Å². The molecule has 34 heavy (non-hydrogen) atoms. The number of benzene rings is 3. The standard InChI is InChI=1S/C23H13BrCl4N2O4/c24-11-6-7-13(12(8-11)21(29-9-14(31)32)10-4-2-1-3-5-10)30-22(33)15-16(23(30)34)18(26)20(28)19(27)17(15)25/h1-8,21,29H,9H2,(H,31,32). The number of aliphatic carboxylic acids is 1. The zero-order valence-corrected chi connectivity index (χ0v) is 21.5. The summed E-state index contributed by atoms with van der Waals surface area (Å²) in [5, 5.41) is 11.6. The van der Waals surface area contributed by atoms with Gasteiger partial charge in [-0.1, -0.05) is 92.7 Å². The topological polar surface area (TPSA) is 86.7 Å². The molecular weight excluding hydrogens is 590 g/mol. The van der Waals surface area contributed by atoms with Crippen LogP contribution in [0.15, 0.2) is 53.0 Å². The molecule has 0 spiro atoms. The van der Waals surface area contributed by atoms with Crippen LogP contribution >= 0.6 is 62.3 Å². The number of carbonyl (C=O) groups is 3. The van der Waals surface area contributed by atoms with Crippen LogP contribution in [-0.2, 0) is 4.79 Å². The third-order valence-electron chi connectivity index (χ3n) is 5.23. The third-order valence-corrected chi connectivity index (χ3v) is 7.53. The van der Waals surface area contributed by atoms with Crippen LogP contribution in [0.4, 0.5) is 5.69 Å². The minimum atomic E-state index is -1.07. The van der Waals surface area contributed by atoms with Gasteiger partial charge in [-0.2, -0.15) is 0 Å². The molecule has 174 valence electrons. The molecule has 2 amide bonds. The first-order valence-corrected chi connectivity index (χ1v) is 12.0. The van der Waals surface area contributed by atoms with Crippen LogP contribution < -0.4 is 10.2 Å². The first-order valence-electron chi connectivity index (χ1n) is 9.67. The van der Waals surface area contributed by atoms with Gasteiger partial charge in [0, 0.05) is 4.47 Å². The highest BCUT2D eigenvalue weighted by molar-refractivity contribution is 9.10. The first-order chi connectivity index (χ1) is 16.1. The summed E-state index contributed by atoms with van der Waals surface area (Å²) in [6, 6.07) is 13.3. The SMILES string of the molecule is O=C(O)CNC(c1ccccc1)c1cc(Br)ccc1N1C(=O)c2c(Cl)c(Cl)c(Cl)c(Cl)c2C1=O. The number of imide groups is 1. The van der Waals surface area contributed by atoms with Crippen molar-refractivity contribution < 1.29 is 19.5 Å². The average molecular weight is 603 g/mol. The van der Waals surface area contributed by atoms with Crippen molar-refractivity contribution in [3.8, 4) is 0 Å². The number of halogens is 5. The van der Waals surface area contributed by atoms with E-state index in [2.05, 4.69) is 21.2 Å². The van der Waals surface area contributed by atoms with E-state index in [4.69, 9.17) is 46.4 Å². The maximum absolute atomic E-state index is 13.4. The Balaban J connectivity index is 1.91. The number of carbonyl (C=O) groups excluding carboxylic acids is 2. The normalized spacial score (nSPS) is 13.9. The number of anilines is 1. The van der Waals surface area contributed by atoms with Gasteiger partial charge in [0.05, 0.1) is 49.5 Å². The van der Waals surface area contributed by atoms with Crippen LogP contribution in [0.1, 0.15) is 37.9 Å². The summed E-state index contributed by atoms with van der Waals surface area (Å²) in [4.78, 5) is 39.1. The van der Waals surface area contributed by atoms with E-state index in [1.54, 1.807) is 42.5 Å². The molecule has 3 aromatic rings. The second kappa shape index (κ2) is 9.85. The van der Waals surface area contributed by atoms with Crippen molar-refractivity contribution >= 4 is 85.8 Å². The second-order valence-electron chi connectivity index (χ2n) is 7.27. The molecular formula is C23H13BrCl4N2O4. The van der Waals surface area contributed by atoms with Crippen molar-refractivity contribution in [2.75, 3.05) is 11.4 Å². The van der Waals surface area contributed by atoms with Gasteiger partial charge in [0.25, 0.3) is 11.8 Å². The quantitative estimate of drug-likeness (QED) is 0.188. The minimum Gasteiger partial charge on any atom is -0.480 e. The number of nitrogens with zero attached hydrogens (tertiary/aromatic N) is 1. The number of amides is 2. The van der Waals surface area contributed by atoms with Crippen molar-refractivity contribution in [1.29, 1.82) is 0 Å². The van der Waals surface area contributed by atoms with Crippen LogP contribution in [0.3, 0.4) is 0 Å². The van der Waals surface area contributed by atoms with E-state index in [9.17, 15) is 19.5 Å². The number of nitrogens with one attached hydrogen (secondary N) is 1. The Morgan fingerprint density at radius 3 is 2.00 bits per heavy atom. The van der Waals surface area contributed by atoms with Crippen LogP contribution in [0, 0.1) is 0 Å². The summed E-state index contributed by atoms with van der Waals surface area (Å²) in [6.45, 7) is -0.365. The average Bonchev–Trinajstić information content (AvgIpc) is 3.07. The lowest BCUT2D eigenvalue weighted by Crippen LogP contribution is -2.34. The Kier molecular flexibility index (Phi) is 7.24. The van der Waals surface area contributed by atoms with Crippen LogP contribution in [0.2, 0.25) is 20.1 Å². The fourth-order valence-electron chi connectivity index (χ4n) is 3.77. The van der Waals surface area contributed by atoms with Gasteiger partial charge >= 0.3 is 5.97 Å². The lowest BCUT2D eigenvalue weighted by Gasteiger charge is -2.25. The van der Waals surface area contributed by atoms with E-state index in [-0.39, 0.29) is 43.4 Å². The van der Waals surface area contributed by atoms with Crippen molar-refractivity contribution in [1.82, 2.24) is 5.32 Å². The van der Waals surface area contributed by atoms with E-state index in [1.807, 2.05) is 6.07 Å². The summed E-state index contributed by atoms with van der Waals surface area (Å²) in [6.07, 6.45) is 0. The molecule has 1 heterocycles. The van der Waals surface area contributed by atoms with Crippen molar-refractivity contribution in [3.05, 3.63) is 95.3 Å². The van der Waals surface area contributed by atoms with Crippen molar-refractivity contribution in [3.63, 3.8) is 0 Å². The fraction of sp³-hybridized carbons (Fsp3) is 0.0870. The third kappa shape index (κ3) is 4.33. The number of carboxylic acids is 1. The summed E-state index contributed by atoms with van der Waals surface area (Å²) >= 11 is 28.2. The molecule has 0 fully saturated rings. The van der Waals surface area contributed by atoms with Crippen molar-refractivity contribution in [2.24, 2.45) is 0 Å². The zero-order chi connectivity index (χ0) is 24.7. The van der Waals surface area contributed by atoms with Gasteiger partial charge in [-0.3, -0.25) is 19.7 Å².